The highest BCUT2D eigenvalue weighted by Gasteiger charge is 2.22. The molecule has 1 nitrogen and oxygen atoms in total. The smallest absolute Gasteiger partial charge is 0.00439 e. The van der Waals surface area contributed by atoms with Gasteiger partial charge in [-0.15, -0.1) is 0 Å². The molecule has 0 aromatic heterocycles. The first-order valence-electron chi connectivity index (χ1n) is 5.49. The van der Waals surface area contributed by atoms with Crippen LogP contribution in [0, 0.1) is 17.3 Å². The maximum atomic E-state index is 6.07. The molecule has 0 heterocycles. The van der Waals surface area contributed by atoms with Crippen LogP contribution in [0.5, 0.6) is 0 Å². The molecule has 0 spiro atoms. The molecule has 0 radical (unpaired) electrons. The summed E-state index contributed by atoms with van der Waals surface area (Å²) in [7, 11) is 0. The molecule has 0 rings (SSSR count). The predicted molar refractivity (Wildman–Crippen MR) is 60.7 cm³/mol. The summed E-state index contributed by atoms with van der Waals surface area (Å²) >= 11 is 0. The monoisotopic (exact) mass is 185 g/mol. The van der Waals surface area contributed by atoms with Gasteiger partial charge in [0, 0.05) is 6.04 Å². The van der Waals surface area contributed by atoms with E-state index in [0.717, 1.165) is 18.8 Å². The van der Waals surface area contributed by atoms with Gasteiger partial charge >= 0.3 is 0 Å². The van der Waals surface area contributed by atoms with Crippen LogP contribution in [0.2, 0.25) is 0 Å². The Balaban J connectivity index is 3.85. The molecule has 0 bridgehead atoms. The van der Waals surface area contributed by atoms with Crippen LogP contribution in [0.3, 0.4) is 0 Å². The van der Waals surface area contributed by atoms with Crippen molar-refractivity contribution < 1.29 is 0 Å². The van der Waals surface area contributed by atoms with Crippen LogP contribution < -0.4 is 5.73 Å². The van der Waals surface area contributed by atoms with Gasteiger partial charge in [0.15, 0.2) is 0 Å². The van der Waals surface area contributed by atoms with Crippen LogP contribution in [0.1, 0.15) is 54.4 Å². The predicted octanol–water partition coefficient (Wildman–Crippen LogP) is 3.43. The topological polar surface area (TPSA) is 26.0 Å². The third kappa shape index (κ3) is 6.09. The maximum absolute atomic E-state index is 6.07. The summed E-state index contributed by atoms with van der Waals surface area (Å²) in [6.07, 6.45) is 2.31. The van der Waals surface area contributed by atoms with Gasteiger partial charge in [-0.05, 0) is 30.1 Å². The second-order valence-corrected chi connectivity index (χ2v) is 5.89. The van der Waals surface area contributed by atoms with Gasteiger partial charge in [0.1, 0.15) is 0 Å². The van der Waals surface area contributed by atoms with E-state index in [2.05, 4.69) is 41.5 Å². The van der Waals surface area contributed by atoms with Crippen LogP contribution >= 0.6 is 0 Å². The van der Waals surface area contributed by atoms with E-state index in [9.17, 15) is 0 Å². The molecule has 0 aliphatic heterocycles. The Kier molecular flexibility index (Phi) is 4.98. The average Bonchev–Trinajstić information content (AvgIpc) is 1.82. The summed E-state index contributed by atoms with van der Waals surface area (Å²) in [6.45, 7) is 13.7. The number of hydrogen-bond donors (Lipinski definition) is 1. The van der Waals surface area contributed by atoms with E-state index in [1.54, 1.807) is 0 Å². The average molecular weight is 185 g/mol. The minimum absolute atomic E-state index is 0.384. The van der Waals surface area contributed by atoms with Crippen LogP contribution in [-0.4, -0.2) is 6.04 Å². The van der Waals surface area contributed by atoms with Gasteiger partial charge < -0.3 is 5.73 Å². The van der Waals surface area contributed by atoms with Crippen molar-refractivity contribution in [3.05, 3.63) is 0 Å². The van der Waals surface area contributed by atoms with E-state index in [0.29, 0.717) is 17.4 Å². The van der Waals surface area contributed by atoms with E-state index >= 15 is 0 Å². The molecule has 2 N–H and O–H groups in total. The molecule has 2 atom stereocenters. The van der Waals surface area contributed by atoms with Crippen molar-refractivity contribution in [1.82, 2.24) is 0 Å². The number of nitrogens with two attached hydrogens (primary N) is 1. The minimum Gasteiger partial charge on any atom is -0.328 e. The van der Waals surface area contributed by atoms with Crippen LogP contribution in [-0.2, 0) is 0 Å². The van der Waals surface area contributed by atoms with Crippen molar-refractivity contribution in [2.24, 2.45) is 23.0 Å². The standard InChI is InChI=1S/C12H27N/c1-9(2)7-11(13)8-10(3)12(4,5)6/h9-11H,7-8,13H2,1-6H3. The van der Waals surface area contributed by atoms with Gasteiger partial charge in [-0.2, -0.15) is 0 Å². The Morgan fingerprint density at radius 1 is 1.00 bits per heavy atom. The molecule has 0 aromatic rings. The maximum Gasteiger partial charge on any atom is 0.00439 e. The lowest BCUT2D eigenvalue weighted by Crippen LogP contribution is -2.29. The minimum atomic E-state index is 0.384. The summed E-state index contributed by atoms with van der Waals surface area (Å²) in [5.41, 5.74) is 6.47. The molecule has 0 saturated heterocycles. The highest BCUT2D eigenvalue weighted by atomic mass is 14.6. The van der Waals surface area contributed by atoms with Gasteiger partial charge in [0.05, 0.1) is 0 Å². The Morgan fingerprint density at radius 3 is 1.77 bits per heavy atom. The Labute approximate surface area is 84.1 Å². The zero-order valence-electron chi connectivity index (χ0n) is 10.2. The van der Waals surface area contributed by atoms with Crippen molar-refractivity contribution >= 4 is 0 Å². The van der Waals surface area contributed by atoms with Gasteiger partial charge in [-0.1, -0.05) is 41.5 Å². The van der Waals surface area contributed by atoms with Crippen molar-refractivity contribution in [3.8, 4) is 0 Å². The third-order valence-electron chi connectivity index (χ3n) is 2.91. The van der Waals surface area contributed by atoms with Crippen molar-refractivity contribution in [3.63, 3.8) is 0 Å². The Hall–Kier alpha value is -0.0400. The zero-order chi connectivity index (χ0) is 10.6. The molecule has 0 aromatic carbocycles. The fourth-order valence-electron chi connectivity index (χ4n) is 1.51. The number of rotatable bonds is 4. The third-order valence-corrected chi connectivity index (χ3v) is 2.91. The van der Waals surface area contributed by atoms with Gasteiger partial charge in [-0.3, -0.25) is 0 Å². The largest absolute Gasteiger partial charge is 0.328 e. The lowest BCUT2D eigenvalue weighted by Gasteiger charge is -2.30. The molecule has 0 amide bonds. The first kappa shape index (κ1) is 13.0. The molecular weight excluding hydrogens is 158 g/mol. The van der Waals surface area contributed by atoms with Gasteiger partial charge in [0.2, 0.25) is 0 Å². The second-order valence-electron chi connectivity index (χ2n) is 5.89. The summed E-state index contributed by atoms with van der Waals surface area (Å²) < 4.78 is 0. The van der Waals surface area contributed by atoms with Crippen LogP contribution in [0.15, 0.2) is 0 Å². The molecule has 0 fully saturated rings. The van der Waals surface area contributed by atoms with E-state index in [1.165, 1.54) is 0 Å². The normalized spacial score (nSPS) is 17.5. The highest BCUT2D eigenvalue weighted by Crippen LogP contribution is 2.29. The fraction of sp³-hybridized carbons (Fsp3) is 1.00. The quantitative estimate of drug-likeness (QED) is 0.713. The Morgan fingerprint density at radius 2 is 1.46 bits per heavy atom. The molecule has 80 valence electrons. The highest BCUT2D eigenvalue weighted by molar-refractivity contribution is 4.75. The summed E-state index contributed by atoms with van der Waals surface area (Å²) in [5, 5.41) is 0. The molecule has 0 aliphatic rings. The van der Waals surface area contributed by atoms with Gasteiger partial charge in [-0.25, -0.2) is 0 Å². The summed E-state index contributed by atoms with van der Waals surface area (Å²) in [6, 6.07) is 0.384. The first-order valence-corrected chi connectivity index (χ1v) is 5.49. The fourth-order valence-corrected chi connectivity index (χ4v) is 1.51. The van der Waals surface area contributed by atoms with E-state index in [4.69, 9.17) is 5.73 Å². The van der Waals surface area contributed by atoms with E-state index in [1.807, 2.05) is 0 Å². The molecule has 0 aliphatic carbocycles. The summed E-state index contributed by atoms with van der Waals surface area (Å²) in [4.78, 5) is 0. The lowest BCUT2D eigenvalue weighted by molar-refractivity contribution is 0.226. The first-order chi connectivity index (χ1) is 5.73. The van der Waals surface area contributed by atoms with Crippen LogP contribution in [0.4, 0.5) is 0 Å². The van der Waals surface area contributed by atoms with Crippen molar-refractivity contribution in [2.45, 2.75) is 60.4 Å². The molecule has 0 saturated carbocycles. The SMILES string of the molecule is CC(C)CC(N)CC(C)C(C)(C)C. The van der Waals surface area contributed by atoms with Crippen LogP contribution in [0.25, 0.3) is 0 Å². The van der Waals surface area contributed by atoms with E-state index < -0.39 is 0 Å². The molecule has 13 heavy (non-hydrogen) atoms. The van der Waals surface area contributed by atoms with Crippen molar-refractivity contribution in [1.29, 1.82) is 0 Å². The van der Waals surface area contributed by atoms with Gasteiger partial charge in [0.25, 0.3) is 0 Å². The second kappa shape index (κ2) is 4.99. The summed E-state index contributed by atoms with van der Waals surface area (Å²) in [5.74, 6) is 1.43. The lowest BCUT2D eigenvalue weighted by atomic mass is 9.78. The van der Waals surface area contributed by atoms with E-state index in [-0.39, 0.29) is 0 Å². The molecule has 1 heteroatoms. The zero-order valence-corrected chi connectivity index (χ0v) is 10.2. The molecular formula is C12H27N. The van der Waals surface area contributed by atoms with Crippen molar-refractivity contribution in [2.75, 3.05) is 0 Å². The molecule has 2 unspecified atom stereocenters. The Bertz CT molecular complexity index is 133. The number of hydrogen-bond acceptors (Lipinski definition) is 1.